The number of hydrogen-bond donors (Lipinski definition) is 1. The molecule has 1 aromatic carbocycles. The smallest absolute Gasteiger partial charge is 0.246 e. The van der Waals surface area contributed by atoms with Crippen LogP contribution in [0, 0.1) is 19.8 Å². The lowest BCUT2D eigenvalue weighted by Crippen LogP contribution is -2.73. The van der Waals surface area contributed by atoms with Gasteiger partial charge < -0.3 is 15.1 Å². The van der Waals surface area contributed by atoms with Gasteiger partial charge in [-0.25, -0.2) is 4.68 Å². The van der Waals surface area contributed by atoms with Gasteiger partial charge in [0.25, 0.3) is 0 Å². The van der Waals surface area contributed by atoms with Crippen molar-refractivity contribution < 1.29 is 9.59 Å². The lowest BCUT2D eigenvalue weighted by molar-refractivity contribution is -0.161. The molecule has 0 aliphatic carbocycles. The van der Waals surface area contributed by atoms with Gasteiger partial charge in [-0.3, -0.25) is 9.59 Å². The highest BCUT2D eigenvalue weighted by molar-refractivity contribution is 6.00. The van der Waals surface area contributed by atoms with Gasteiger partial charge in [0, 0.05) is 25.3 Å². The van der Waals surface area contributed by atoms with E-state index in [9.17, 15) is 9.59 Å². The molecule has 210 valence electrons. The Morgan fingerprint density at radius 3 is 2.37 bits per heavy atom. The molecule has 0 radical (unpaired) electrons. The minimum Gasteiger partial charge on any atom is -0.342 e. The molecule has 2 saturated heterocycles. The number of para-hydroxylation sites is 1. The van der Waals surface area contributed by atoms with Crippen molar-refractivity contribution in [1.29, 1.82) is 0 Å². The van der Waals surface area contributed by atoms with Crippen LogP contribution in [0.5, 0.6) is 0 Å². The number of aromatic nitrogens is 2. The van der Waals surface area contributed by atoms with Gasteiger partial charge in [0.05, 0.1) is 11.4 Å². The van der Waals surface area contributed by atoms with Crippen LogP contribution in [0.1, 0.15) is 76.2 Å². The van der Waals surface area contributed by atoms with E-state index in [-0.39, 0.29) is 30.3 Å². The minimum absolute atomic E-state index is 0. The van der Waals surface area contributed by atoms with Gasteiger partial charge in [0.1, 0.15) is 11.6 Å². The van der Waals surface area contributed by atoms with Crippen LogP contribution in [-0.4, -0.2) is 69.2 Å². The molecule has 1 atom stereocenters. The third-order valence-electron chi connectivity index (χ3n) is 8.28. The Labute approximate surface area is 234 Å². The summed E-state index contributed by atoms with van der Waals surface area (Å²) in [5.41, 5.74) is 4.05. The van der Waals surface area contributed by atoms with Crippen molar-refractivity contribution in [2.75, 3.05) is 26.2 Å². The number of halogens is 1. The highest BCUT2D eigenvalue weighted by Gasteiger charge is 2.53. The van der Waals surface area contributed by atoms with Crippen molar-refractivity contribution in [3.05, 3.63) is 47.3 Å². The fraction of sp³-hybridized carbons (Fsp3) is 0.633. The van der Waals surface area contributed by atoms with E-state index in [4.69, 9.17) is 5.10 Å². The Hall–Kier alpha value is -2.38. The van der Waals surface area contributed by atoms with E-state index in [1.807, 2.05) is 27.8 Å². The Morgan fingerprint density at radius 1 is 1.05 bits per heavy atom. The van der Waals surface area contributed by atoms with Crippen LogP contribution in [0.4, 0.5) is 0 Å². The topological polar surface area (TPSA) is 70.5 Å². The highest BCUT2D eigenvalue weighted by Crippen LogP contribution is 2.34. The second-order valence-electron chi connectivity index (χ2n) is 11.4. The molecule has 38 heavy (non-hydrogen) atoms. The molecule has 1 N–H and O–H groups in total. The second kappa shape index (κ2) is 13.1. The number of carbonyl (C=O) groups excluding carboxylic acids is 2. The zero-order chi connectivity index (χ0) is 26.6. The number of piperidine rings is 1. The Balaban J connectivity index is 0.00000400. The molecule has 7 nitrogen and oxygen atoms in total. The SMILES string of the molecule is CCCCN1C(=O)[C@H](CC(C)C)NC(=O)C12CCN(CCCc1c(C)nn(-c3ccccc3)c1C)CC2.Cl. The van der Waals surface area contributed by atoms with Crippen LogP contribution in [0.2, 0.25) is 0 Å². The van der Waals surface area contributed by atoms with Gasteiger partial charge in [0.2, 0.25) is 11.8 Å². The zero-order valence-corrected chi connectivity index (χ0v) is 24.6. The maximum absolute atomic E-state index is 13.5. The molecule has 0 saturated carbocycles. The van der Waals surface area contributed by atoms with Crippen molar-refractivity contribution in [1.82, 2.24) is 24.9 Å². The molecule has 0 unspecified atom stereocenters. The third-order valence-corrected chi connectivity index (χ3v) is 8.28. The van der Waals surface area contributed by atoms with Crippen molar-refractivity contribution >= 4 is 24.2 Å². The monoisotopic (exact) mass is 543 g/mol. The van der Waals surface area contributed by atoms with E-state index in [1.54, 1.807) is 0 Å². The first-order chi connectivity index (χ1) is 17.8. The molecule has 1 spiro atoms. The fourth-order valence-corrected chi connectivity index (χ4v) is 6.13. The predicted octanol–water partition coefficient (Wildman–Crippen LogP) is 4.85. The Morgan fingerprint density at radius 2 is 1.74 bits per heavy atom. The number of hydrogen-bond acceptors (Lipinski definition) is 4. The number of unbranched alkanes of at least 4 members (excludes halogenated alkanes) is 1. The van der Waals surface area contributed by atoms with Crippen LogP contribution >= 0.6 is 12.4 Å². The quantitative estimate of drug-likeness (QED) is 0.465. The number of amides is 2. The maximum atomic E-state index is 13.5. The van der Waals surface area contributed by atoms with Crippen molar-refractivity contribution in [2.24, 2.45) is 5.92 Å². The molecule has 3 heterocycles. The van der Waals surface area contributed by atoms with E-state index in [2.05, 4.69) is 57.0 Å². The largest absolute Gasteiger partial charge is 0.342 e. The molecule has 1 aromatic heterocycles. The molecule has 2 aromatic rings. The Bertz CT molecular complexity index is 1080. The van der Waals surface area contributed by atoms with Crippen LogP contribution < -0.4 is 5.32 Å². The molecule has 2 amide bonds. The minimum atomic E-state index is -0.680. The molecule has 2 aliphatic rings. The van der Waals surface area contributed by atoms with Gasteiger partial charge >= 0.3 is 0 Å². The summed E-state index contributed by atoms with van der Waals surface area (Å²) in [4.78, 5) is 31.3. The highest BCUT2D eigenvalue weighted by atomic mass is 35.5. The average Bonchev–Trinajstić information content (AvgIpc) is 3.17. The zero-order valence-electron chi connectivity index (χ0n) is 23.8. The normalized spacial score (nSPS) is 19.6. The molecule has 4 rings (SSSR count). The summed E-state index contributed by atoms with van der Waals surface area (Å²) in [5, 5.41) is 7.91. The number of piperazine rings is 1. The van der Waals surface area contributed by atoms with E-state index < -0.39 is 5.54 Å². The number of nitrogens with zero attached hydrogens (tertiary/aromatic N) is 4. The number of likely N-dealkylation sites (tertiary alicyclic amines) is 1. The van der Waals surface area contributed by atoms with Gasteiger partial charge in [-0.1, -0.05) is 45.4 Å². The summed E-state index contributed by atoms with van der Waals surface area (Å²) < 4.78 is 2.05. The summed E-state index contributed by atoms with van der Waals surface area (Å²) >= 11 is 0. The fourth-order valence-electron chi connectivity index (χ4n) is 6.13. The molecule has 0 bridgehead atoms. The molecular formula is C30H46ClN5O2. The average molecular weight is 544 g/mol. The molecule has 2 fully saturated rings. The van der Waals surface area contributed by atoms with E-state index in [1.165, 1.54) is 11.3 Å². The second-order valence-corrected chi connectivity index (χ2v) is 11.4. The maximum Gasteiger partial charge on any atom is 0.246 e. The first-order valence-electron chi connectivity index (χ1n) is 14.2. The number of aryl methyl sites for hydroxylation is 1. The molecular weight excluding hydrogens is 498 g/mol. The number of benzene rings is 1. The lowest BCUT2D eigenvalue weighted by Gasteiger charge is -2.52. The van der Waals surface area contributed by atoms with Crippen LogP contribution in [0.15, 0.2) is 30.3 Å². The van der Waals surface area contributed by atoms with E-state index in [0.29, 0.717) is 31.7 Å². The number of nitrogens with one attached hydrogen (secondary N) is 1. The predicted molar refractivity (Wildman–Crippen MR) is 155 cm³/mol. The summed E-state index contributed by atoms with van der Waals surface area (Å²) in [6.07, 6.45) is 6.13. The number of carbonyl (C=O) groups is 2. The van der Waals surface area contributed by atoms with Gasteiger partial charge in [-0.15, -0.1) is 12.4 Å². The van der Waals surface area contributed by atoms with Crippen molar-refractivity contribution in [3.8, 4) is 5.69 Å². The third kappa shape index (κ3) is 6.26. The summed E-state index contributed by atoms with van der Waals surface area (Å²) in [6, 6.07) is 9.92. The van der Waals surface area contributed by atoms with Gasteiger partial charge in [-0.2, -0.15) is 5.10 Å². The van der Waals surface area contributed by atoms with Crippen LogP contribution in [0.25, 0.3) is 5.69 Å². The standard InChI is InChI=1S/C30H45N5O2.ClH/c1-6-7-18-34-28(36)27(21-22(2)3)31-29(37)30(34)15-19-33(20-16-30)17-11-14-26-23(4)32-35(24(26)5)25-12-9-8-10-13-25;/h8-10,12-13,22,27H,6-7,11,14-21H2,1-5H3,(H,31,37);1H/t27-;/m0./s1. The van der Waals surface area contributed by atoms with E-state index >= 15 is 0 Å². The van der Waals surface area contributed by atoms with Crippen LogP contribution in [0.3, 0.4) is 0 Å². The van der Waals surface area contributed by atoms with Crippen molar-refractivity contribution in [3.63, 3.8) is 0 Å². The number of rotatable bonds is 10. The summed E-state index contributed by atoms with van der Waals surface area (Å²) in [5.74, 6) is 0.551. The first kappa shape index (κ1) is 30.2. The summed E-state index contributed by atoms with van der Waals surface area (Å²) in [7, 11) is 0. The lowest BCUT2D eigenvalue weighted by atomic mass is 9.80. The Kier molecular flexibility index (Phi) is 10.4. The first-order valence-corrected chi connectivity index (χ1v) is 14.2. The van der Waals surface area contributed by atoms with Crippen molar-refractivity contribution in [2.45, 2.75) is 91.1 Å². The van der Waals surface area contributed by atoms with E-state index in [0.717, 1.165) is 56.7 Å². The van der Waals surface area contributed by atoms with Gasteiger partial charge in [-0.05, 0) is 82.5 Å². The van der Waals surface area contributed by atoms with Gasteiger partial charge in [0.15, 0.2) is 0 Å². The van der Waals surface area contributed by atoms with Crippen LogP contribution in [-0.2, 0) is 16.0 Å². The molecule has 2 aliphatic heterocycles. The summed E-state index contributed by atoms with van der Waals surface area (Å²) in [6.45, 7) is 14.0. The molecule has 8 heteroatoms.